The van der Waals surface area contributed by atoms with Gasteiger partial charge in [0.15, 0.2) is 0 Å². The van der Waals surface area contributed by atoms with Gasteiger partial charge >= 0.3 is 0 Å². The van der Waals surface area contributed by atoms with Crippen LogP contribution in [0, 0.1) is 10.1 Å². The fourth-order valence-corrected chi connectivity index (χ4v) is 3.10. The summed E-state index contributed by atoms with van der Waals surface area (Å²) in [5.41, 5.74) is 3.74. The molecule has 104 valence electrons. The molecule has 0 bridgehead atoms. The third-order valence-corrected chi connectivity index (χ3v) is 4.63. The smallest absolute Gasteiger partial charge is 0.258 e. The van der Waals surface area contributed by atoms with Gasteiger partial charge in [0.25, 0.3) is 5.69 Å². The van der Waals surface area contributed by atoms with Crippen LogP contribution in [0.4, 0.5) is 5.69 Å². The Balaban J connectivity index is 2.74. The molecule has 0 fully saturated rings. The van der Waals surface area contributed by atoms with Gasteiger partial charge in [0, 0.05) is 11.6 Å². The Hall–Kier alpha value is -1.38. The van der Waals surface area contributed by atoms with Gasteiger partial charge in [-0.3, -0.25) is 10.1 Å². The fourth-order valence-electron chi connectivity index (χ4n) is 3.10. The maximum absolute atomic E-state index is 11.2. The average Bonchev–Trinajstić information content (AvgIpc) is 2.33. The Kier molecular flexibility index (Phi) is 3.20. The van der Waals surface area contributed by atoms with E-state index in [-0.39, 0.29) is 21.4 Å². The molecule has 0 saturated carbocycles. The Morgan fingerprint density at radius 2 is 1.58 bits per heavy atom. The summed E-state index contributed by atoms with van der Waals surface area (Å²) < 4.78 is 0. The molecule has 0 atom stereocenters. The first kappa shape index (κ1) is 14.0. The third kappa shape index (κ3) is 2.26. The molecule has 3 nitrogen and oxygen atoms in total. The van der Waals surface area contributed by atoms with Crippen LogP contribution in [-0.2, 0) is 17.3 Å². The monoisotopic (exact) mass is 261 g/mol. The van der Waals surface area contributed by atoms with E-state index in [2.05, 4.69) is 33.8 Å². The number of hydrogen-bond donors (Lipinski definition) is 0. The first-order chi connectivity index (χ1) is 8.69. The van der Waals surface area contributed by atoms with Crippen LogP contribution >= 0.6 is 0 Å². The Morgan fingerprint density at radius 3 is 2.00 bits per heavy atom. The van der Waals surface area contributed by atoms with Gasteiger partial charge in [-0.1, -0.05) is 34.6 Å². The molecule has 0 unspecified atom stereocenters. The lowest BCUT2D eigenvalue weighted by Crippen LogP contribution is -2.34. The van der Waals surface area contributed by atoms with Gasteiger partial charge in [-0.05, 0) is 47.3 Å². The van der Waals surface area contributed by atoms with Crippen LogP contribution < -0.4 is 0 Å². The molecule has 0 N–H and O–H groups in total. The summed E-state index contributed by atoms with van der Waals surface area (Å²) in [6.07, 6.45) is 2.92. The number of nitro benzene ring substituents is 1. The molecule has 1 aliphatic rings. The zero-order valence-corrected chi connectivity index (χ0v) is 12.5. The van der Waals surface area contributed by atoms with Crippen LogP contribution in [0.1, 0.15) is 64.2 Å². The predicted molar refractivity (Wildman–Crippen MR) is 77.8 cm³/mol. The molecule has 2 rings (SSSR count). The lowest BCUT2D eigenvalue weighted by atomic mass is 9.62. The highest BCUT2D eigenvalue weighted by molar-refractivity contribution is 5.53. The summed E-state index contributed by atoms with van der Waals surface area (Å²) in [7, 11) is 0. The quantitative estimate of drug-likeness (QED) is 0.581. The number of benzene rings is 1. The molecular weight excluding hydrogens is 238 g/mol. The molecule has 19 heavy (non-hydrogen) atoms. The average molecular weight is 261 g/mol. The van der Waals surface area contributed by atoms with Crippen molar-refractivity contribution < 1.29 is 4.92 Å². The van der Waals surface area contributed by atoms with Crippen molar-refractivity contribution >= 4 is 5.69 Å². The molecular formula is C16H23NO2. The van der Waals surface area contributed by atoms with Crippen LogP contribution in [0.3, 0.4) is 0 Å². The second-order valence-corrected chi connectivity index (χ2v) is 6.90. The normalized spacial score (nSPS) is 19.8. The molecule has 1 aromatic carbocycles. The molecule has 0 heterocycles. The van der Waals surface area contributed by atoms with Crippen LogP contribution in [0.25, 0.3) is 0 Å². The first-order valence-electron chi connectivity index (χ1n) is 7.01. The third-order valence-electron chi connectivity index (χ3n) is 4.63. The van der Waals surface area contributed by atoms with Crippen molar-refractivity contribution in [3.8, 4) is 0 Å². The van der Waals surface area contributed by atoms with Gasteiger partial charge in [-0.25, -0.2) is 0 Å². The molecule has 0 amide bonds. The van der Waals surface area contributed by atoms with Gasteiger partial charge in [0.2, 0.25) is 0 Å². The maximum Gasteiger partial charge on any atom is 0.272 e. The van der Waals surface area contributed by atoms with Gasteiger partial charge in [0.05, 0.1) is 4.92 Å². The van der Waals surface area contributed by atoms with E-state index in [1.165, 1.54) is 5.56 Å². The van der Waals surface area contributed by atoms with Crippen LogP contribution in [0.5, 0.6) is 0 Å². The van der Waals surface area contributed by atoms with Crippen molar-refractivity contribution in [2.75, 3.05) is 0 Å². The lowest BCUT2D eigenvalue weighted by molar-refractivity contribution is -0.385. The summed E-state index contributed by atoms with van der Waals surface area (Å²) in [5.74, 6) is 0. The molecule has 1 aromatic rings. The minimum atomic E-state index is -0.239. The highest BCUT2D eigenvalue weighted by Gasteiger charge is 2.38. The predicted octanol–water partition coefficient (Wildman–Crippen LogP) is 4.51. The van der Waals surface area contributed by atoms with E-state index < -0.39 is 0 Å². The number of aryl methyl sites for hydroxylation is 1. The molecule has 0 spiro atoms. The Labute approximate surface area is 115 Å². The second-order valence-electron chi connectivity index (χ2n) is 6.90. The van der Waals surface area contributed by atoms with E-state index >= 15 is 0 Å². The number of nitro groups is 1. The zero-order chi connectivity index (χ0) is 14.4. The van der Waals surface area contributed by atoms with E-state index in [1.807, 2.05) is 13.0 Å². The zero-order valence-electron chi connectivity index (χ0n) is 12.5. The second kappa shape index (κ2) is 4.32. The minimum absolute atomic E-state index is 0.0296. The summed E-state index contributed by atoms with van der Waals surface area (Å²) >= 11 is 0. The van der Waals surface area contributed by atoms with E-state index in [9.17, 15) is 10.1 Å². The number of fused-ring (bicyclic) bond motifs is 1. The van der Waals surface area contributed by atoms with E-state index in [4.69, 9.17) is 0 Å². The highest BCUT2D eigenvalue weighted by Crippen LogP contribution is 2.47. The van der Waals surface area contributed by atoms with Crippen molar-refractivity contribution in [3.63, 3.8) is 0 Å². The lowest BCUT2D eigenvalue weighted by Gasteiger charge is -2.41. The van der Waals surface area contributed by atoms with Crippen molar-refractivity contribution in [2.45, 2.75) is 64.7 Å². The van der Waals surface area contributed by atoms with Crippen LogP contribution in [0.15, 0.2) is 12.1 Å². The summed E-state index contributed by atoms with van der Waals surface area (Å²) in [5, 5.41) is 11.2. The van der Waals surface area contributed by atoms with E-state index in [0.29, 0.717) is 6.42 Å². The summed E-state index contributed by atoms with van der Waals surface area (Å²) in [4.78, 5) is 11.0. The minimum Gasteiger partial charge on any atom is -0.258 e. The number of nitrogens with zero attached hydrogens (tertiary/aromatic N) is 1. The first-order valence-corrected chi connectivity index (χ1v) is 7.01. The van der Waals surface area contributed by atoms with Crippen LogP contribution in [-0.4, -0.2) is 4.92 Å². The Bertz CT molecular complexity index is 530. The summed E-state index contributed by atoms with van der Waals surface area (Å²) in [6, 6.07) is 3.91. The molecule has 0 aromatic heterocycles. The maximum atomic E-state index is 11.2. The highest BCUT2D eigenvalue weighted by atomic mass is 16.6. The van der Waals surface area contributed by atoms with E-state index in [1.54, 1.807) is 0 Å². The van der Waals surface area contributed by atoms with Crippen LogP contribution in [0.2, 0.25) is 0 Å². The van der Waals surface area contributed by atoms with Crippen molar-refractivity contribution in [2.24, 2.45) is 0 Å². The van der Waals surface area contributed by atoms with Gasteiger partial charge in [0.1, 0.15) is 0 Å². The van der Waals surface area contributed by atoms with Gasteiger partial charge < -0.3 is 0 Å². The van der Waals surface area contributed by atoms with Crippen molar-refractivity contribution in [1.29, 1.82) is 0 Å². The van der Waals surface area contributed by atoms with Crippen molar-refractivity contribution in [3.05, 3.63) is 38.9 Å². The molecule has 3 heteroatoms. The topological polar surface area (TPSA) is 43.1 Å². The van der Waals surface area contributed by atoms with E-state index in [0.717, 1.165) is 24.0 Å². The molecule has 0 saturated heterocycles. The largest absolute Gasteiger partial charge is 0.272 e. The standard InChI is InChI=1S/C16H23NO2/c1-6-11-9-12-13(10-14(11)17(18)19)16(4,5)8-7-15(12,2)3/h9-10H,6-8H2,1-5H3. The summed E-state index contributed by atoms with van der Waals surface area (Å²) in [6.45, 7) is 10.8. The SMILES string of the molecule is CCc1cc2c(cc1[N+](=O)[O-])C(C)(C)CCC2(C)C. The number of rotatable bonds is 2. The number of hydrogen-bond acceptors (Lipinski definition) is 2. The molecule has 1 aliphatic carbocycles. The van der Waals surface area contributed by atoms with Gasteiger partial charge in [-0.2, -0.15) is 0 Å². The van der Waals surface area contributed by atoms with Crippen molar-refractivity contribution in [1.82, 2.24) is 0 Å². The molecule has 0 radical (unpaired) electrons. The fraction of sp³-hybridized carbons (Fsp3) is 0.625. The Morgan fingerprint density at radius 1 is 1.11 bits per heavy atom. The molecule has 0 aliphatic heterocycles. The van der Waals surface area contributed by atoms with Gasteiger partial charge in [-0.15, -0.1) is 0 Å².